The number of hydrogen-bond donors (Lipinski definition) is 1. The fourth-order valence-corrected chi connectivity index (χ4v) is 1.74. The van der Waals surface area contributed by atoms with Crippen molar-refractivity contribution in [2.45, 2.75) is 5.41 Å². The molecule has 0 radical (unpaired) electrons. The van der Waals surface area contributed by atoms with E-state index in [1.54, 1.807) is 0 Å². The highest BCUT2D eigenvalue weighted by atomic mass is 16.5. The minimum absolute atomic E-state index is 0.434. The Labute approximate surface area is 86.5 Å². The molecule has 2 aromatic rings. The normalized spacial score (nSPS) is 18.3. The summed E-state index contributed by atoms with van der Waals surface area (Å²) in [7, 11) is 0. The highest BCUT2D eigenvalue weighted by Crippen LogP contribution is 2.30. The van der Waals surface area contributed by atoms with Crippen molar-refractivity contribution in [2.75, 3.05) is 13.2 Å². The van der Waals surface area contributed by atoms with Gasteiger partial charge < -0.3 is 9.72 Å². The summed E-state index contributed by atoms with van der Waals surface area (Å²) in [5, 5.41) is 9.13. The molecule has 0 unspecified atom stereocenters. The number of benzene rings is 1. The molecule has 1 aliphatic heterocycles. The molecule has 2 heterocycles. The predicted octanol–water partition coefficient (Wildman–Crippen LogP) is 1.35. The Bertz CT molecular complexity index is 515. The molecule has 0 amide bonds. The maximum Gasteiger partial charge on any atom is 0.161 e. The number of aromatic nitrogens is 2. The Balaban J connectivity index is 2.16. The first-order valence-electron chi connectivity index (χ1n) is 4.78. The number of hydrogen-bond acceptors (Lipinski definition) is 3. The molecule has 1 aromatic heterocycles. The molecule has 4 heteroatoms. The highest BCUT2D eigenvalue weighted by Gasteiger charge is 2.43. The van der Waals surface area contributed by atoms with Gasteiger partial charge in [0.1, 0.15) is 5.82 Å². The molecule has 0 saturated carbocycles. The Morgan fingerprint density at radius 2 is 2.20 bits per heavy atom. The molecular formula is C11H9N3O. The van der Waals surface area contributed by atoms with Crippen LogP contribution in [0.3, 0.4) is 0 Å². The lowest BCUT2D eigenvalue weighted by atomic mass is 9.87. The molecule has 1 saturated heterocycles. The quantitative estimate of drug-likeness (QED) is 0.754. The standard InChI is InChI=1S/C11H9N3O/c12-5-11(6-15-7-11)10-13-8-3-1-2-4-9(8)14-10/h1-4H,6-7H2,(H,13,14). The minimum Gasteiger partial charge on any atom is -0.377 e. The lowest BCUT2D eigenvalue weighted by molar-refractivity contribution is -0.0334. The van der Waals surface area contributed by atoms with Crippen LogP contribution in [0.2, 0.25) is 0 Å². The molecule has 1 aliphatic rings. The SMILES string of the molecule is N#CC1(c2nc3ccccc3[nH]2)COC1. The third-order valence-corrected chi connectivity index (χ3v) is 2.75. The van der Waals surface area contributed by atoms with Crippen molar-refractivity contribution in [3.63, 3.8) is 0 Å². The van der Waals surface area contributed by atoms with Gasteiger partial charge in [0.05, 0.1) is 30.3 Å². The van der Waals surface area contributed by atoms with E-state index in [9.17, 15) is 0 Å². The number of nitrogens with one attached hydrogen (secondary N) is 1. The topological polar surface area (TPSA) is 61.7 Å². The monoisotopic (exact) mass is 199 g/mol. The Hall–Kier alpha value is -1.86. The van der Waals surface area contributed by atoms with Gasteiger partial charge in [-0.05, 0) is 12.1 Å². The van der Waals surface area contributed by atoms with Gasteiger partial charge in [0.15, 0.2) is 5.41 Å². The summed E-state index contributed by atoms with van der Waals surface area (Å²) < 4.78 is 5.10. The van der Waals surface area contributed by atoms with Crippen LogP contribution in [-0.2, 0) is 10.2 Å². The van der Waals surface area contributed by atoms with Gasteiger partial charge in [-0.2, -0.15) is 5.26 Å². The number of rotatable bonds is 1. The van der Waals surface area contributed by atoms with Crippen LogP contribution in [0.15, 0.2) is 24.3 Å². The molecule has 74 valence electrons. The van der Waals surface area contributed by atoms with Crippen molar-refractivity contribution < 1.29 is 4.74 Å². The zero-order valence-electron chi connectivity index (χ0n) is 8.03. The van der Waals surface area contributed by atoms with Crippen molar-refractivity contribution in [1.29, 1.82) is 5.26 Å². The van der Waals surface area contributed by atoms with Crippen molar-refractivity contribution in [1.82, 2.24) is 9.97 Å². The number of fused-ring (bicyclic) bond motifs is 1. The van der Waals surface area contributed by atoms with Crippen LogP contribution in [-0.4, -0.2) is 23.2 Å². The summed E-state index contributed by atoms with van der Waals surface area (Å²) in [6.45, 7) is 0.868. The van der Waals surface area contributed by atoms with Gasteiger partial charge in [0, 0.05) is 0 Å². The van der Waals surface area contributed by atoms with E-state index >= 15 is 0 Å². The maximum atomic E-state index is 9.13. The number of ether oxygens (including phenoxy) is 1. The second-order valence-corrected chi connectivity index (χ2v) is 3.79. The van der Waals surface area contributed by atoms with Gasteiger partial charge in [-0.25, -0.2) is 4.98 Å². The third-order valence-electron chi connectivity index (χ3n) is 2.75. The maximum absolute atomic E-state index is 9.13. The largest absolute Gasteiger partial charge is 0.377 e. The molecule has 1 N–H and O–H groups in total. The molecule has 0 bridgehead atoms. The van der Waals surface area contributed by atoms with E-state index in [0.29, 0.717) is 13.2 Å². The average Bonchev–Trinajstić information content (AvgIpc) is 2.60. The zero-order valence-corrected chi connectivity index (χ0v) is 8.03. The lowest BCUT2D eigenvalue weighted by Gasteiger charge is -2.32. The minimum atomic E-state index is -0.557. The molecule has 1 fully saturated rings. The van der Waals surface area contributed by atoms with Crippen LogP contribution in [0.5, 0.6) is 0 Å². The van der Waals surface area contributed by atoms with Crippen molar-refractivity contribution in [3.8, 4) is 6.07 Å². The molecular weight excluding hydrogens is 190 g/mol. The van der Waals surface area contributed by atoms with E-state index in [1.807, 2.05) is 24.3 Å². The molecule has 0 aliphatic carbocycles. The van der Waals surface area contributed by atoms with Gasteiger partial charge in [0.25, 0.3) is 0 Å². The molecule has 0 atom stereocenters. The summed E-state index contributed by atoms with van der Waals surface area (Å²) in [6, 6.07) is 10.0. The number of para-hydroxylation sites is 2. The van der Waals surface area contributed by atoms with Gasteiger partial charge in [-0.1, -0.05) is 12.1 Å². The van der Waals surface area contributed by atoms with Crippen molar-refractivity contribution in [3.05, 3.63) is 30.1 Å². The fourth-order valence-electron chi connectivity index (χ4n) is 1.74. The van der Waals surface area contributed by atoms with Crippen LogP contribution < -0.4 is 0 Å². The second kappa shape index (κ2) is 2.81. The first-order chi connectivity index (χ1) is 7.34. The predicted molar refractivity (Wildman–Crippen MR) is 54.2 cm³/mol. The third kappa shape index (κ3) is 1.07. The Morgan fingerprint density at radius 1 is 1.40 bits per heavy atom. The smallest absolute Gasteiger partial charge is 0.161 e. The lowest BCUT2D eigenvalue weighted by Crippen LogP contribution is -2.46. The summed E-state index contributed by atoms with van der Waals surface area (Å²) in [5.74, 6) is 0.720. The zero-order chi connectivity index (χ0) is 10.3. The summed E-state index contributed by atoms with van der Waals surface area (Å²) in [5.41, 5.74) is 1.31. The van der Waals surface area contributed by atoms with Crippen LogP contribution in [0.4, 0.5) is 0 Å². The van der Waals surface area contributed by atoms with Gasteiger partial charge in [0.2, 0.25) is 0 Å². The van der Waals surface area contributed by atoms with Gasteiger partial charge >= 0.3 is 0 Å². The molecule has 1 aromatic carbocycles. The van der Waals surface area contributed by atoms with Gasteiger partial charge in [-0.15, -0.1) is 0 Å². The van der Waals surface area contributed by atoms with Crippen LogP contribution >= 0.6 is 0 Å². The number of nitrogens with zero attached hydrogens (tertiary/aromatic N) is 2. The van der Waals surface area contributed by atoms with E-state index in [4.69, 9.17) is 10.00 Å². The summed E-state index contributed by atoms with van der Waals surface area (Å²) in [4.78, 5) is 7.60. The number of imidazole rings is 1. The first-order valence-corrected chi connectivity index (χ1v) is 4.78. The summed E-state index contributed by atoms with van der Waals surface area (Å²) in [6.07, 6.45) is 0. The second-order valence-electron chi connectivity index (χ2n) is 3.79. The number of nitriles is 1. The van der Waals surface area contributed by atoms with Crippen molar-refractivity contribution >= 4 is 11.0 Å². The average molecular weight is 199 g/mol. The highest BCUT2D eigenvalue weighted by molar-refractivity contribution is 5.75. The van der Waals surface area contributed by atoms with Crippen LogP contribution in [0, 0.1) is 11.3 Å². The van der Waals surface area contributed by atoms with Crippen molar-refractivity contribution in [2.24, 2.45) is 0 Å². The van der Waals surface area contributed by atoms with E-state index in [1.165, 1.54) is 0 Å². The molecule has 3 rings (SSSR count). The fraction of sp³-hybridized carbons (Fsp3) is 0.273. The molecule has 4 nitrogen and oxygen atoms in total. The first kappa shape index (κ1) is 8.45. The number of aromatic amines is 1. The van der Waals surface area contributed by atoms with E-state index in [0.717, 1.165) is 16.9 Å². The van der Waals surface area contributed by atoms with Gasteiger partial charge in [-0.3, -0.25) is 0 Å². The van der Waals surface area contributed by atoms with E-state index < -0.39 is 5.41 Å². The van der Waals surface area contributed by atoms with Crippen LogP contribution in [0.1, 0.15) is 5.82 Å². The molecule has 15 heavy (non-hydrogen) atoms. The van der Waals surface area contributed by atoms with Crippen LogP contribution in [0.25, 0.3) is 11.0 Å². The molecule has 0 spiro atoms. The van der Waals surface area contributed by atoms with E-state index in [-0.39, 0.29) is 0 Å². The summed E-state index contributed by atoms with van der Waals surface area (Å²) >= 11 is 0. The number of H-pyrrole nitrogens is 1. The Morgan fingerprint density at radius 3 is 2.80 bits per heavy atom. The Kier molecular flexibility index (Phi) is 1.58. The van der Waals surface area contributed by atoms with E-state index in [2.05, 4.69) is 16.0 Å².